The molecule has 0 saturated carbocycles. The number of para-hydroxylation sites is 2. The van der Waals surface area contributed by atoms with E-state index in [9.17, 15) is 0 Å². The number of fused-ring (bicyclic) bond motifs is 2. The molecule has 2 aliphatic rings. The standard InChI is InChI=1S/C16H15N/c1-11-4-2-6-13-10-14-7-3-5-12-8-9-17(15(11)13)16(12)14/h2-7H,8-10H2,1H3. The van der Waals surface area contributed by atoms with Crippen molar-refractivity contribution in [2.75, 3.05) is 11.4 Å². The predicted octanol–water partition coefficient (Wildman–Crippen LogP) is 3.59. The van der Waals surface area contributed by atoms with Crippen LogP contribution in [0.15, 0.2) is 36.4 Å². The molecule has 0 N–H and O–H groups in total. The molecule has 1 heteroatoms. The molecule has 0 spiro atoms. The van der Waals surface area contributed by atoms with Gasteiger partial charge in [-0.25, -0.2) is 0 Å². The molecule has 17 heavy (non-hydrogen) atoms. The Morgan fingerprint density at radius 1 is 0.882 bits per heavy atom. The zero-order valence-corrected chi connectivity index (χ0v) is 10.0. The summed E-state index contributed by atoms with van der Waals surface area (Å²) in [5, 5.41) is 0. The number of anilines is 2. The highest BCUT2D eigenvalue weighted by atomic mass is 15.2. The van der Waals surface area contributed by atoms with Crippen molar-refractivity contribution in [1.29, 1.82) is 0 Å². The first kappa shape index (κ1) is 9.29. The van der Waals surface area contributed by atoms with E-state index in [-0.39, 0.29) is 0 Å². The molecule has 0 amide bonds. The van der Waals surface area contributed by atoms with Crippen LogP contribution in [0.5, 0.6) is 0 Å². The van der Waals surface area contributed by atoms with Gasteiger partial charge in [0.05, 0.1) is 0 Å². The summed E-state index contributed by atoms with van der Waals surface area (Å²) in [6, 6.07) is 13.4. The number of hydrogen-bond acceptors (Lipinski definition) is 1. The van der Waals surface area contributed by atoms with Crippen LogP contribution in [0.4, 0.5) is 11.4 Å². The monoisotopic (exact) mass is 221 g/mol. The van der Waals surface area contributed by atoms with Crippen molar-refractivity contribution in [2.24, 2.45) is 0 Å². The molecule has 2 aliphatic heterocycles. The van der Waals surface area contributed by atoms with Gasteiger partial charge in [-0.2, -0.15) is 0 Å². The van der Waals surface area contributed by atoms with Crippen molar-refractivity contribution >= 4 is 11.4 Å². The minimum absolute atomic E-state index is 1.09. The van der Waals surface area contributed by atoms with Gasteiger partial charge < -0.3 is 4.90 Å². The summed E-state index contributed by atoms with van der Waals surface area (Å²) in [6.45, 7) is 3.37. The Labute approximate surface area is 102 Å². The third-order valence-electron chi connectivity index (χ3n) is 4.05. The number of hydrogen-bond donors (Lipinski definition) is 0. The van der Waals surface area contributed by atoms with Crippen LogP contribution in [0.25, 0.3) is 0 Å². The van der Waals surface area contributed by atoms with Gasteiger partial charge in [-0.3, -0.25) is 0 Å². The molecule has 4 rings (SSSR count). The molecule has 0 unspecified atom stereocenters. The maximum absolute atomic E-state index is 2.53. The Balaban J connectivity index is 2.02. The lowest BCUT2D eigenvalue weighted by atomic mass is 9.93. The van der Waals surface area contributed by atoms with Crippen LogP contribution in [-0.2, 0) is 12.8 Å². The van der Waals surface area contributed by atoms with E-state index in [0.717, 1.165) is 13.0 Å². The average molecular weight is 221 g/mol. The fraction of sp³-hybridized carbons (Fsp3) is 0.250. The van der Waals surface area contributed by atoms with Crippen molar-refractivity contribution in [1.82, 2.24) is 0 Å². The molecule has 84 valence electrons. The van der Waals surface area contributed by atoms with Crippen molar-refractivity contribution in [3.8, 4) is 0 Å². The third-order valence-corrected chi connectivity index (χ3v) is 4.05. The average Bonchev–Trinajstić information content (AvgIpc) is 2.75. The molecule has 0 aliphatic carbocycles. The summed E-state index contributed by atoms with van der Waals surface area (Å²) in [5.41, 5.74) is 8.87. The minimum Gasteiger partial charge on any atom is -0.340 e. The Kier molecular flexibility index (Phi) is 1.71. The van der Waals surface area contributed by atoms with Crippen LogP contribution in [-0.4, -0.2) is 6.54 Å². The van der Waals surface area contributed by atoms with Crippen LogP contribution in [0, 0.1) is 6.92 Å². The van der Waals surface area contributed by atoms with E-state index >= 15 is 0 Å². The number of rotatable bonds is 0. The maximum atomic E-state index is 2.53. The van der Waals surface area contributed by atoms with Crippen molar-refractivity contribution in [3.63, 3.8) is 0 Å². The molecule has 0 bridgehead atoms. The summed E-state index contributed by atoms with van der Waals surface area (Å²) in [7, 11) is 0. The lowest BCUT2D eigenvalue weighted by Crippen LogP contribution is -2.21. The van der Waals surface area contributed by atoms with Crippen LogP contribution >= 0.6 is 0 Å². The molecule has 0 saturated heterocycles. The van der Waals surface area contributed by atoms with Gasteiger partial charge in [0.1, 0.15) is 0 Å². The van der Waals surface area contributed by atoms with Crippen LogP contribution < -0.4 is 4.90 Å². The minimum atomic E-state index is 1.09. The second kappa shape index (κ2) is 3.13. The molecule has 0 aromatic heterocycles. The first-order valence-electron chi connectivity index (χ1n) is 6.31. The van der Waals surface area contributed by atoms with Crippen LogP contribution in [0.2, 0.25) is 0 Å². The van der Waals surface area contributed by atoms with E-state index in [2.05, 4.69) is 48.2 Å². The molecule has 2 heterocycles. The van der Waals surface area contributed by atoms with Crippen molar-refractivity contribution in [3.05, 3.63) is 58.7 Å². The lowest BCUT2D eigenvalue weighted by Gasteiger charge is -2.31. The Hall–Kier alpha value is -1.76. The van der Waals surface area contributed by atoms with Gasteiger partial charge >= 0.3 is 0 Å². The number of nitrogens with zero attached hydrogens (tertiary/aromatic N) is 1. The van der Waals surface area contributed by atoms with Gasteiger partial charge in [0.25, 0.3) is 0 Å². The SMILES string of the molecule is Cc1cccc2c1N1CCc3cccc(c31)C2. The second-order valence-corrected chi connectivity index (χ2v) is 5.09. The van der Waals surface area contributed by atoms with E-state index < -0.39 is 0 Å². The van der Waals surface area contributed by atoms with Crippen LogP contribution in [0.3, 0.4) is 0 Å². The van der Waals surface area contributed by atoms with Crippen molar-refractivity contribution < 1.29 is 0 Å². The van der Waals surface area contributed by atoms with E-state index in [4.69, 9.17) is 0 Å². The maximum Gasteiger partial charge on any atom is 0.0480 e. The normalized spacial score (nSPS) is 15.7. The van der Waals surface area contributed by atoms with Crippen molar-refractivity contribution in [2.45, 2.75) is 19.8 Å². The summed E-state index contributed by atoms with van der Waals surface area (Å²) >= 11 is 0. The summed E-state index contributed by atoms with van der Waals surface area (Å²) < 4.78 is 0. The van der Waals surface area contributed by atoms with E-state index in [1.165, 1.54) is 40.0 Å². The van der Waals surface area contributed by atoms with Gasteiger partial charge in [-0.1, -0.05) is 36.4 Å². The molecule has 2 aromatic rings. The Morgan fingerprint density at radius 2 is 1.59 bits per heavy atom. The van der Waals surface area contributed by atoms with Gasteiger partial charge in [0.15, 0.2) is 0 Å². The molecule has 0 radical (unpaired) electrons. The van der Waals surface area contributed by atoms with Gasteiger partial charge in [-0.15, -0.1) is 0 Å². The third kappa shape index (κ3) is 1.14. The Bertz CT molecular complexity index is 613. The first-order chi connectivity index (χ1) is 8.34. The zero-order valence-electron chi connectivity index (χ0n) is 10.0. The topological polar surface area (TPSA) is 3.24 Å². The van der Waals surface area contributed by atoms with E-state index in [0.29, 0.717) is 0 Å². The first-order valence-corrected chi connectivity index (χ1v) is 6.31. The van der Waals surface area contributed by atoms with Crippen LogP contribution in [0.1, 0.15) is 22.3 Å². The fourth-order valence-electron chi connectivity index (χ4n) is 3.36. The molecule has 1 nitrogen and oxygen atoms in total. The predicted molar refractivity (Wildman–Crippen MR) is 71.1 cm³/mol. The largest absolute Gasteiger partial charge is 0.340 e. The highest BCUT2D eigenvalue weighted by molar-refractivity contribution is 5.80. The smallest absolute Gasteiger partial charge is 0.0480 e. The summed E-state index contributed by atoms with van der Waals surface area (Å²) in [6.07, 6.45) is 2.29. The quantitative estimate of drug-likeness (QED) is 0.657. The number of benzene rings is 2. The van der Waals surface area contributed by atoms with Gasteiger partial charge in [0.2, 0.25) is 0 Å². The molecular formula is C16H15N. The second-order valence-electron chi connectivity index (χ2n) is 5.09. The van der Waals surface area contributed by atoms with E-state index in [1.807, 2.05) is 0 Å². The fourth-order valence-corrected chi connectivity index (χ4v) is 3.36. The van der Waals surface area contributed by atoms with Gasteiger partial charge in [-0.05, 0) is 35.6 Å². The van der Waals surface area contributed by atoms with E-state index in [1.54, 1.807) is 0 Å². The Morgan fingerprint density at radius 3 is 2.47 bits per heavy atom. The molecule has 0 fully saturated rings. The summed E-state index contributed by atoms with van der Waals surface area (Å²) in [4.78, 5) is 2.53. The number of aryl methyl sites for hydroxylation is 1. The zero-order chi connectivity index (χ0) is 11.4. The highest BCUT2D eigenvalue weighted by Crippen LogP contribution is 2.45. The molecule has 0 atom stereocenters. The molecule has 2 aromatic carbocycles. The van der Waals surface area contributed by atoms with Gasteiger partial charge in [0, 0.05) is 24.3 Å². The molecular weight excluding hydrogens is 206 g/mol. The lowest BCUT2D eigenvalue weighted by molar-refractivity contribution is 0.959. The highest BCUT2D eigenvalue weighted by Gasteiger charge is 2.29. The summed E-state index contributed by atoms with van der Waals surface area (Å²) in [5.74, 6) is 0.